The number of esters is 1. The van der Waals surface area contributed by atoms with Gasteiger partial charge in [0.15, 0.2) is 0 Å². The summed E-state index contributed by atoms with van der Waals surface area (Å²) in [7, 11) is 0. The van der Waals surface area contributed by atoms with Crippen LogP contribution in [0.3, 0.4) is 0 Å². The maximum atomic E-state index is 11.9. The van der Waals surface area contributed by atoms with Crippen LogP contribution >= 0.6 is 0 Å². The summed E-state index contributed by atoms with van der Waals surface area (Å²) in [5.41, 5.74) is 2.91. The second kappa shape index (κ2) is 8.13. The SMILES string of the molecule is CCCOC(=O)CCc1cc2c(C)cc(=O)oc2c2c1OCN(C(C)C)C2. The topological polar surface area (TPSA) is 69.0 Å². The van der Waals surface area contributed by atoms with Crippen molar-refractivity contribution < 1.29 is 18.7 Å². The number of rotatable bonds is 6. The average molecular weight is 373 g/mol. The van der Waals surface area contributed by atoms with Crippen LogP contribution in [0.2, 0.25) is 0 Å². The third-order valence-electron chi connectivity index (χ3n) is 4.90. The van der Waals surface area contributed by atoms with Gasteiger partial charge in [0.05, 0.1) is 12.2 Å². The van der Waals surface area contributed by atoms with Crippen LogP contribution in [0.1, 0.15) is 50.3 Å². The monoisotopic (exact) mass is 373 g/mol. The minimum absolute atomic E-state index is 0.207. The van der Waals surface area contributed by atoms with E-state index in [1.165, 1.54) is 6.07 Å². The van der Waals surface area contributed by atoms with Crippen LogP contribution in [-0.2, 0) is 22.5 Å². The maximum Gasteiger partial charge on any atom is 0.336 e. The highest BCUT2D eigenvalue weighted by Gasteiger charge is 2.26. The number of ether oxygens (including phenoxy) is 2. The number of aryl methyl sites for hydroxylation is 2. The van der Waals surface area contributed by atoms with E-state index in [1.807, 2.05) is 19.9 Å². The summed E-state index contributed by atoms with van der Waals surface area (Å²) in [6, 6.07) is 3.78. The third-order valence-corrected chi connectivity index (χ3v) is 4.90. The number of carbonyl (C=O) groups is 1. The predicted molar refractivity (Wildman–Crippen MR) is 103 cm³/mol. The summed E-state index contributed by atoms with van der Waals surface area (Å²) in [6.07, 6.45) is 1.63. The van der Waals surface area contributed by atoms with E-state index in [2.05, 4.69) is 18.7 Å². The van der Waals surface area contributed by atoms with Crippen molar-refractivity contribution in [2.24, 2.45) is 0 Å². The van der Waals surface area contributed by atoms with Crippen molar-refractivity contribution >= 4 is 16.9 Å². The molecule has 2 aromatic rings. The van der Waals surface area contributed by atoms with Crippen LogP contribution in [0, 0.1) is 6.92 Å². The van der Waals surface area contributed by atoms with E-state index >= 15 is 0 Å². The first kappa shape index (κ1) is 19.4. The van der Waals surface area contributed by atoms with Crippen molar-refractivity contribution in [2.75, 3.05) is 13.3 Å². The Morgan fingerprint density at radius 2 is 2.11 bits per heavy atom. The first-order valence-corrected chi connectivity index (χ1v) is 9.52. The summed E-state index contributed by atoms with van der Waals surface area (Å²) < 4.78 is 16.8. The van der Waals surface area contributed by atoms with Gasteiger partial charge >= 0.3 is 11.6 Å². The van der Waals surface area contributed by atoms with E-state index in [-0.39, 0.29) is 11.6 Å². The molecule has 0 fully saturated rings. The van der Waals surface area contributed by atoms with Gasteiger partial charge in [-0.15, -0.1) is 0 Å². The Kier molecular flexibility index (Phi) is 5.85. The van der Waals surface area contributed by atoms with Gasteiger partial charge in [-0.05, 0) is 50.8 Å². The Balaban J connectivity index is 2.02. The molecule has 0 unspecified atom stereocenters. The second-order valence-electron chi connectivity index (χ2n) is 7.30. The van der Waals surface area contributed by atoms with Gasteiger partial charge in [-0.3, -0.25) is 9.69 Å². The highest BCUT2D eigenvalue weighted by Crippen LogP contribution is 2.37. The molecule has 3 rings (SSSR count). The van der Waals surface area contributed by atoms with Crippen molar-refractivity contribution in [2.45, 2.75) is 59.5 Å². The molecule has 0 saturated carbocycles. The first-order chi connectivity index (χ1) is 12.9. The molecule has 0 atom stereocenters. The van der Waals surface area contributed by atoms with Crippen LogP contribution in [0.5, 0.6) is 5.75 Å². The largest absolute Gasteiger partial charge is 0.477 e. The third kappa shape index (κ3) is 4.16. The molecule has 0 radical (unpaired) electrons. The lowest BCUT2D eigenvalue weighted by atomic mass is 9.97. The summed E-state index contributed by atoms with van der Waals surface area (Å²) >= 11 is 0. The fourth-order valence-electron chi connectivity index (χ4n) is 3.32. The van der Waals surface area contributed by atoms with Crippen molar-refractivity contribution in [1.82, 2.24) is 4.90 Å². The maximum absolute atomic E-state index is 11.9. The number of nitrogens with zero attached hydrogens (tertiary/aromatic N) is 1. The van der Waals surface area contributed by atoms with Gasteiger partial charge in [0.2, 0.25) is 0 Å². The van der Waals surface area contributed by atoms with Crippen molar-refractivity contribution in [1.29, 1.82) is 0 Å². The molecule has 146 valence electrons. The molecule has 0 spiro atoms. The standard InChI is InChI=1S/C21H27NO5/c1-5-8-25-18(23)7-6-15-10-16-14(4)9-19(24)27-21(16)17-11-22(13(2)3)12-26-20(15)17/h9-10,13H,5-8,11-12H2,1-4H3. The summed E-state index contributed by atoms with van der Waals surface area (Å²) in [5.74, 6) is 0.526. The molecule has 6 nitrogen and oxygen atoms in total. The normalized spacial score (nSPS) is 14.3. The molecule has 0 bridgehead atoms. The van der Waals surface area contributed by atoms with Gasteiger partial charge < -0.3 is 13.9 Å². The Morgan fingerprint density at radius 1 is 1.33 bits per heavy atom. The van der Waals surface area contributed by atoms with Gasteiger partial charge in [0.25, 0.3) is 0 Å². The van der Waals surface area contributed by atoms with Crippen LogP contribution in [0.15, 0.2) is 21.3 Å². The van der Waals surface area contributed by atoms with E-state index in [4.69, 9.17) is 13.9 Å². The van der Waals surface area contributed by atoms with E-state index in [9.17, 15) is 9.59 Å². The summed E-state index contributed by atoms with van der Waals surface area (Å²) in [6.45, 7) is 9.63. The van der Waals surface area contributed by atoms with E-state index in [1.54, 1.807) is 0 Å². The zero-order chi connectivity index (χ0) is 19.6. The Morgan fingerprint density at radius 3 is 2.81 bits per heavy atom. The molecule has 27 heavy (non-hydrogen) atoms. The molecule has 0 aliphatic carbocycles. The van der Waals surface area contributed by atoms with Crippen LogP contribution in [-0.4, -0.2) is 30.2 Å². The minimum Gasteiger partial charge on any atom is -0.477 e. The van der Waals surface area contributed by atoms with Crippen LogP contribution in [0.25, 0.3) is 11.0 Å². The molecule has 0 amide bonds. The fourth-order valence-corrected chi connectivity index (χ4v) is 3.32. The van der Waals surface area contributed by atoms with Crippen LogP contribution in [0.4, 0.5) is 0 Å². The summed E-state index contributed by atoms with van der Waals surface area (Å²) in [5, 5.41) is 0.888. The number of hydrogen-bond acceptors (Lipinski definition) is 6. The Bertz CT molecular complexity index is 900. The molecule has 1 aromatic carbocycles. The molecular weight excluding hydrogens is 346 g/mol. The fraction of sp³-hybridized carbons (Fsp3) is 0.524. The molecule has 1 aliphatic heterocycles. The van der Waals surface area contributed by atoms with E-state index in [0.29, 0.717) is 44.3 Å². The quantitative estimate of drug-likeness (QED) is 0.570. The molecule has 1 aliphatic rings. The smallest absolute Gasteiger partial charge is 0.336 e. The second-order valence-corrected chi connectivity index (χ2v) is 7.30. The number of carbonyl (C=O) groups excluding carboxylic acids is 1. The van der Waals surface area contributed by atoms with Gasteiger partial charge in [0.1, 0.15) is 18.1 Å². The molecule has 0 N–H and O–H groups in total. The van der Waals surface area contributed by atoms with E-state index in [0.717, 1.165) is 34.2 Å². The minimum atomic E-state index is -0.361. The van der Waals surface area contributed by atoms with Crippen LogP contribution < -0.4 is 10.4 Å². The lowest BCUT2D eigenvalue weighted by Crippen LogP contribution is -2.37. The first-order valence-electron chi connectivity index (χ1n) is 9.52. The van der Waals surface area contributed by atoms with Gasteiger partial charge in [-0.25, -0.2) is 4.79 Å². The van der Waals surface area contributed by atoms with Gasteiger partial charge in [-0.2, -0.15) is 0 Å². The Labute approximate surface area is 159 Å². The molecule has 6 heteroatoms. The van der Waals surface area contributed by atoms with E-state index < -0.39 is 0 Å². The lowest BCUT2D eigenvalue weighted by molar-refractivity contribution is -0.143. The zero-order valence-electron chi connectivity index (χ0n) is 16.5. The van der Waals surface area contributed by atoms with Crippen molar-refractivity contribution in [3.63, 3.8) is 0 Å². The van der Waals surface area contributed by atoms with Gasteiger partial charge in [0, 0.05) is 30.5 Å². The highest BCUT2D eigenvalue weighted by molar-refractivity contribution is 5.86. The van der Waals surface area contributed by atoms with Gasteiger partial charge in [-0.1, -0.05) is 6.92 Å². The molecule has 2 heterocycles. The predicted octanol–water partition coefficient (Wildman–Crippen LogP) is 3.55. The number of hydrogen-bond donors (Lipinski definition) is 0. The molecule has 0 saturated heterocycles. The lowest BCUT2D eigenvalue weighted by Gasteiger charge is -2.33. The van der Waals surface area contributed by atoms with Crippen molar-refractivity contribution in [3.8, 4) is 5.75 Å². The Hall–Kier alpha value is -2.34. The van der Waals surface area contributed by atoms with Crippen molar-refractivity contribution in [3.05, 3.63) is 39.2 Å². The highest BCUT2D eigenvalue weighted by atomic mass is 16.5. The number of fused-ring (bicyclic) bond motifs is 3. The summed E-state index contributed by atoms with van der Waals surface area (Å²) in [4.78, 5) is 26.0. The zero-order valence-corrected chi connectivity index (χ0v) is 16.5. The average Bonchev–Trinajstić information content (AvgIpc) is 2.64. The number of benzene rings is 1. The molecule has 1 aromatic heterocycles. The molecular formula is C21H27NO5.